The molecule has 30 heavy (non-hydrogen) atoms. The molecule has 6 fully saturated rings. The summed E-state index contributed by atoms with van der Waals surface area (Å²) in [4.78, 5) is 12.2. The minimum absolute atomic E-state index is 0.0809. The largest absolute Gasteiger partial charge is 0.523 e. The van der Waals surface area contributed by atoms with Gasteiger partial charge in [-0.1, -0.05) is 0 Å². The highest BCUT2D eigenvalue weighted by Crippen LogP contribution is 2.67. The third kappa shape index (κ3) is 2.90. The lowest BCUT2D eigenvalue weighted by Gasteiger charge is -2.68. The van der Waals surface area contributed by atoms with Crippen molar-refractivity contribution >= 4 is 5.91 Å². The Morgan fingerprint density at radius 1 is 1.10 bits per heavy atom. The molecule has 6 aliphatic rings. The maximum atomic E-state index is 12.8. The van der Waals surface area contributed by atoms with Crippen molar-refractivity contribution in [2.24, 2.45) is 5.41 Å². The zero-order valence-electron chi connectivity index (χ0n) is 16.5. The van der Waals surface area contributed by atoms with Crippen LogP contribution in [0.5, 0.6) is 0 Å². The van der Waals surface area contributed by atoms with E-state index in [9.17, 15) is 18.0 Å². The number of carbonyl (C=O) groups is 1. The quantitative estimate of drug-likeness (QED) is 0.719. The van der Waals surface area contributed by atoms with Crippen LogP contribution in [0.3, 0.4) is 0 Å². The Bertz CT molecular complexity index is 862. The zero-order chi connectivity index (χ0) is 20.8. The highest BCUT2D eigenvalue weighted by molar-refractivity contribution is 5.79. The van der Waals surface area contributed by atoms with Gasteiger partial charge in [0.25, 0.3) is 0 Å². The summed E-state index contributed by atoms with van der Waals surface area (Å²) >= 11 is 0. The average Bonchev–Trinajstić information content (AvgIpc) is 3.19. The number of alkyl halides is 3. The number of nitrogens with zero attached hydrogens (tertiary/aromatic N) is 2. The Hall–Kier alpha value is -1.68. The van der Waals surface area contributed by atoms with E-state index in [1.807, 2.05) is 0 Å². The summed E-state index contributed by atoms with van der Waals surface area (Å²) < 4.78 is 54.0. The molecule has 6 saturated carbocycles. The second kappa shape index (κ2) is 5.76. The summed E-state index contributed by atoms with van der Waals surface area (Å²) in [6.45, 7) is 0.0809. The summed E-state index contributed by atoms with van der Waals surface area (Å²) in [5.74, 6) is 0.149. The number of ether oxygens (including phenoxy) is 2. The molecule has 1 heterocycles. The molecule has 1 N–H and O–H groups in total. The molecule has 1 aromatic heterocycles. The van der Waals surface area contributed by atoms with Crippen LogP contribution in [-0.4, -0.2) is 40.7 Å². The van der Waals surface area contributed by atoms with Crippen LogP contribution >= 0.6 is 0 Å². The smallest absolute Gasteiger partial charge is 0.421 e. The van der Waals surface area contributed by atoms with Gasteiger partial charge < -0.3 is 14.5 Å². The monoisotopic (exact) mass is 427 g/mol. The lowest BCUT2D eigenvalue weighted by Crippen LogP contribution is -2.77. The highest BCUT2D eigenvalue weighted by Gasteiger charge is 2.72. The van der Waals surface area contributed by atoms with Gasteiger partial charge in [0.05, 0.1) is 11.5 Å². The van der Waals surface area contributed by atoms with E-state index >= 15 is 0 Å². The Morgan fingerprint density at radius 2 is 1.77 bits per heavy atom. The summed E-state index contributed by atoms with van der Waals surface area (Å²) in [6, 6.07) is 0. The number of aromatic nitrogens is 2. The molecule has 7 nitrogen and oxygen atoms in total. The lowest BCUT2D eigenvalue weighted by atomic mass is 9.39. The molecule has 1 amide bonds. The van der Waals surface area contributed by atoms with Crippen LogP contribution in [-0.2, 0) is 25.3 Å². The van der Waals surface area contributed by atoms with Crippen LogP contribution < -0.4 is 5.32 Å². The first-order valence-electron chi connectivity index (χ1n) is 10.7. The van der Waals surface area contributed by atoms with Crippen molar-refractivity contribution in [3.05, 3.63) is 11.8 Å². The Labute approximate surface area is 171 Å². The number of halogens is 3. The molecule has 1 spiro atoms. The van der Waals surface area contributed by atoms with Crippen molar-refractivity contribution in [1.29, 1.82) is 0 Å². The van der Waals surface area contributed by atoms with Crippen LogP contribution in [0.25, 0.3) is 0 Å². The Kier molecular flexibility index (Phi) is 3.66. The van der Waals surface area contributed by atoms with Crippen molar-refractivity contribution in [2.75, 3.05) is 6.61 Å². The molecule has 164 valence electrons. The molecule has 0 aliphatic heterocycles. The number of hydrogen-bond donors (Lipinski definition) is 1. The maximum absolute atomic E-state index is 12.8. The van der Waals surface area contributed by atoms with Crippen LogP contribution in [0.15, 0.2) is 4.42 Å². The molecule has 10 heteroatoms. The molecule has 0 radical (unpaired) electrons. The number of amides is 1. The van der Waals surface area contributed by atoms with Crippen LogP contribution in [0.4, 0.5) is 13.2 Å². The van der Waals surface area contributed by atoms with E-state index in [4.69, 9.17) is 9.15 Å². The van der Waals surface area contributed by atoms with E-state index in [2.05, 4.69) is 20.3 Å². The van der Waals surface area contributed by atoms with Gasteiger partial charge in [-0.05, 0) is 69.6 Å². The molecule has 6 aliphatic carbocycles. The minimum atomic E-state index is -4.75. The highest BCUT2D eigenvalue weighted by atomic mass is 19.4. The summed E-state index contributed by atoms with van der Waals surface area (Å²) in [5, 5.41) is 11.0. The van der Waals surface area contributed by atoms with E-state index in [0.29, 0.717) is 37.0 Å². The van der Waals surface area contributed by atoms with Gasteiger partial charge >= 0.3 is 6.36 Å². The second-order valence-electron chi connectivity index (χ2n) is 10.3. The van der Waals surface area contributed by atoms with Crippen LogP contribution in [0.1, 0.15) is 76.0 Å². The van der Waals surface area contributed by atoms with E-state index in [0.717, 1.165) is 12.8 Å². The lowest BCUT2D eigenvalue weighted by molar-refractivity contribution is -0.387. The molecule has 0 saturated heterocycles. The fraction of sp³-hybridized carbons (Fsp3) is 0.850. The maximum Gasteiger partial charge on any atom is 0.523 e. The standard InChI is InChI=1S/C20H24F3N3O4/c21-20(22,23)30-19(2-1-3-19)15-26-25-14(29-15)17-9-18(10-17,11-17)24-13(27)8-28-12-6-16(7-12)4-5-16/h12H,1-11H2,(H,24,27). The number of nitrogens with one attached hydrogen (secondary N) is 1. The minimum Gasteiger partial charge on any atom is -0.421 e. The normalized spacial score (nSPS) is 35.0. The number of hydrogen-bond acceptors (Lipinski definition) is 6. The van der Waals surface area contributed by atoms with Crippen molar-refractivity contribution in [2.45, 2.75) is 93.2 Å². The van der Waals surface area contributed by atoms with Gasteiger partial charge in [0, 0.05) is 5.54 Å². The number of carbonyl (C=O) groups excluding carboxylic acids is 1. The zero-order valence-corrected chi connectivity index (χ0v) is 16.5. The molecule has 1 aromatic rings. The van der Waals surface area contributed by atoms with E-state index < -0.39 is 12.0 Å². The van der Waals surface area contributed by atoms with E-state index in [1.54, 1.807) is 0 Å². The molecule has 0 atom stereocenters. The summed E-state index contributed by atoms with van der Waals surface area (Å²) in [7, 11) is 0. The third-order valence-electron chi connectivity index (χ3n) is 7.90. The van der Waals surface area contributed by atoms with Gasteiger partial charge in [-0.2, -0.15) is 0 Å². The first-order chi connectivity index (χ1) is 14.1. The fourth-order valence-electron chi connectivity index (χ4n) is 5.98. The molecule has 0 unspecified atom stereocenters. The Morgan fingerprint density at radius 3 is 2.33 bits per heavy atom. The second-order valence-corrected chi connectivity index (χ2v) is 10.3. The van der Waals surface area contributed by atoms with Gasteiger partial charge in [-0.3, -0.25) is 9.53 Å². The SMILES string of the molecule is O=C(COC1CC2(CC2)C1)NC12CC(c3nnc(C4(OC(F)(F)F)CCC4)o3)(C1)C2. The predicted molar refractivity (Wildman–Crippen MR) is 94.0 cm³/mol. The molecule has 0 aromatic carbocycles. The van der Waals surface area contributed by atoms with Gasteiger partial charge in [-0.15, -0.1) is 23.4 Å². The summed E-state index contributed by atoms with van der Waals surface area (Å²) in [6.07, 6.45) is 3.24. The molecular formula is C20H24F3N3O4. The first-order valence-corrected chi connectivity index (χ1v) is 10.7. The predicted octanol–water partition coefficient (Wildman–Crippen LogP) is 3.23. The van der Waals surface area contributed by atoms with Crippen molar-refractivity contribution in [1.82, 2.24) is 15.5 Å². The van der Waals surface area contributed by atoms with Crippen LogP contribution in [0, 0.1) is 5.41 Å². The fourth-order valence-corrected chi connectivity index (χ4v) is 5.98. The van der Waals surface area contributed by atoms with Gasteiger partial charge in [0.1, 0.15) is 6.61 Å². The molecule has 7 rings (SSSR count). The Balaban J connectivity index is 1.02. The third-order valence-corrected chi connectivity index (χ3v) is 7.90. The summed E-state index contributed by atoms with van der Waals surface area (Å²) in [5.41, 5.74) is -1.61. The van der Waals surface area contributed by atoms with Crippen molar-refractivity contribution < 1.29 is 31.9 Å². The van der Waals surface area contributed by atoms with Crippen molar-refractivity contribution in [3.63, 3.8) is 0 Å². The topological polar surface area (TPSA) is 86.5 Å². The van der Waals surface area contributed by atoms with Gasteiger partial charge in [0.15, 0.2) is 5.60 Å². The van der Waals surface area contributed by atoms with Gasteiger partial charge in [-0.25, -0.2) is 0 Å². The number of rotatable bonds is 7. The van der Waals surface area contributed by atoms with Crippen LogP contribution in [0.2, 0.25) is 0 Å². The van der Waals surface area contributed by atoms with Crippen molar-refractivity contribution in [3.8, 4) is 0 Å². The molecular weight excluding hydrogens is 403 g/mol. The van der Waals surface area contributed by atoms with Gasteiger partial charge in [0.2, 0.25) is 17.7 Å². The van der Waals surface area contributed by atoms with E-state index in [1.165, 1.54) is 12.8 Å². The van der Waals surface area contributed by atoms with E-state index in [-0.39, 0.29) is 48.3 Å². The molecule has 2 bridgehead atoms. The first kappa shape index (κ1) is 19.0. The average molecular weight is 427 g/mol.